The predicted octanol–water partition coefficient (Wildman–Crippen LogP) is 5.13. The second-order valence-corrected chi connectivity index (χ2v) is 6.92. The Morgan fingerprint density at radius 2 is 2.04 bits per heavy atom. The van der Waals surface area contributed by atoms with Gasteiger partial charge in [-0.2, -0.15) is 5.10 Å². The van der Waals surface area contributed by atoms with Crippen LogP contribution in [0.2, 0.25) is 0 Å². The summed E-state index contributed by atoms with van der Waals surface area (Å²) in [5, 5.41) is 7.26. The fourth-order valence-corrected chi connectivity index (χ4v) is 3.77. The van der Waals surface area contributed by atoms with Crippen molar-refractivity contribution in [1.29, 1.82) is 0 Å². The Balaban J connectivity index is 0.00000100. The van der Waals surface area contributed by atoms with Gasteiger partial charge in [-0.3, -0.25) is 0 Å². The highest BCUT2D eigenvalue weighted by molar-refractivity contribution is 9.10. The van der Waals surface area contributed by atoms with Gasteiger partial charge in [0.1, 0.15) is 10.3 Å². The van der Waals surface area contributed by atoms with E-state index in [4.69, 9.17) is 0 Å². The molecule has 3 rings (SSSR count). The molecule has 0 radical (unpaired) electrons. The van der Waals surface area contributed by atoms with E-state index in [1.807, 2.05) is 19.9 Å². The molecule has 3 nitrogen and oxygen atoms in total. The standard InChI is InChI=1S/C16H20BrF2N3.C2H2/c1-10-8-13(20-9-18)14-11(2)12(15(17)22(14)21-10)4-3-5-16(19)6-7-16;1-2/h8,20H,3-7,9H2,1-2H3;1-2H. The minimum Gasteiger partial charge on any atom is -0.357 e. The Bertz CT molecular complexity index is 748. The number of rotatable bonds is 6. The van der Waals surface area contributed by atoms with Crippen molar-refractivity contribution in [3.63, 3.8) is 0 Å². The maximum Gasteiger partial charge on any atom is 0.159 e. The second kappa shape index (κ2) is 7.52. The van der Waals surface area contributed by atoms with Gasteiger partial charge in [-0.1, -0.05) is 0 Å². The Hall–Kier alpha value is -1.61. The van der Waals surface area contributed by atoms with E-state index in [-0.39, 0.29) is 0 Å². The van der Waals surface area contributed by atoms with Crippen LogP contribution >= 0.6 is 15.9 Å². The van der Waals surface area contributed by atoms with Crippen LogP contribution in [0.4, 0.5) is 14.5 Å². The third-order valence-electron chi connectivity index (χ3n) is 4.42. The van der Waals surface area contributed by atoms with E-state index in [2.05, 4.69) is 39.2 Å². The summed E-state index contributed by atoms with van der Waals surface area (Å²) < 4.78 is 29.2. The monoisotopic (exact) mass is 397 g/mol. The normalized spacial score (nSPS) is 15.0. The topological polar surface area (TPSA) is 29.3 Å². The first-order valence-corrected chi connectivity index (χ1v) is 8.74. The molecule has 24 heavy (non-hydrogen) atoms. The molecule has 1 N–H and O–H groups in total. The molecule has 0 spiro atoms. The lowest BCUT2D eigenvalue weighted by Crippen LogP contribution is -2.02. The molecule has 2 aromatic heterocycles. The first kappa shape index (κ1) is 18.7. The zero-order valence-electron chi connectivity index (χ0n) is 14.0. The summed E-state index contributed by atoms with van der Waals surface area (Å²) in [4.78, 5) is 0. The molecule has 1 fully saturated rings. The number of aromatic nitrogens is 2. The summed E-state index contributed by atoms with van der Waals surface area (Å²) in [7, 11) is 0. The van der Waals surface area contributed by atoms with E-state index in [1.165, 1.54) is 0 Å². The van der Waals surface area contributed by atoms with Gasteiger partial charge in [0.15, 0.2) is 6.80 Å². The molecule has 0 unspecified atom stereocenters. The van der Waals surface area contributed by atoms with Crippen molar-refractivity contribution in [2.75, 3.05) is 12.1 Å². The molecule has 0 saturated heterocycles. The number of nitrogens with zero attached hydrogens (tertiary/aromatic N) is 2. The minimum absolute atomic E-state index is 0.618. The molecule has 130 valence electrons. The van der Waals surface area contributed by atoms with Crippen molar-refractivity contribution in [2.45, 2.75) is 51.6 Å². The average Bonchev–Trinajstić information content (AvgIpc) is 3.24. The van der Waals surface area contributed by atoms with Crippen LogP contribution in [0.25, 0.3) is 5.52 Å². The van der Waals surface area contributed by atoms with Gasteiger partial charge in [-0.05, 0) is 79.1 Å². The molecule has 1 aliphatic carbocycles. The highest BCUT2D eigenvalue weighted by Crippen LogP contribution is 2.44. The number of alkyl halides is 2. The Morgan fingerprint density at radius 1 is 1.38 bits per heavy atom. The van der Waals surface area contributed by atoms with E-state index in [1.54, 1.807) is 4.52 Å². The van der Waals surface area contributed by atoms with E-state index in [0.29, 0.717) is 19.3 Å². The van der Waals surface area contributed by atoms with Crippen LogP contribution in [0.5, 0.6) is 0 Å². The van der Waals surface area contributed by atoms with Crippen molar-refractivity contribution in [3.05, 3.63) is 27.5 Å². The molecular weight excluding hydrogens is 376 g/mol. The van der Waals surface area contributed by atoms with Crippen LogP contribution in [-0.2, 0) is 6.42 Å². The molecule has 0 atom stereocenters. The molecule has 1 aliphatic rings. The van der Waals surface area contributed by atoms with E-state index in [0.717, 1.165) is 45.5 Å². The fourth-order valence-electron chi connectivity index (χ4n) is 3.02. The molecule has 2 heterocycles. The first-order chi connectivity index (χ1) is 11.4. The summed E-state index contributed by atoms with van der Waals surface area (Å²) in [5.74, 6) is 0. The first-order valence-electron chi connectivity index (χ1n) is 7.94. The minimum atomic E-state index is -0.907. The number of aryl methyl sites for hydroxylation is 2. The number of halogens is 3. The number of terminal acetylenes is 1. The molecule has 0 aromatic carbocycles. The highest BCUT2D eigenvalue weighted by atomic mass is 79.9. The lowest BCUT2D eigenvalue weighted by molar-refractivity contribution is 0.284. The summed E-state index contributed by atoms with van der Waals surface area (Å²) >= 11 is 3.60. The molecule has 2 aromatic rings. The average molecular weight is 398 g/mol. The smallest absolute Gasteiger partial charge is 0.159 e. The van der Waals surface area contributed by atoms with Gasteiger partial charge in [0.05, 0.1) is 16.9 Å². The van der Waals surface area contributed by atoms with Gasteiger partial charge in [-0.25, -0.2) is 13.3 Å². The van der Waals surface area contributed by atoms with Gasteiger partial charge in [-0.15, -0.1) is 12.8 Å². The lowest BCUT2D eigenvalue weighted by Gasteiger charge is -2.07. The number of hydrogen-bond donors (Lipinski definition) is 1. The van der Waals surface area contributed by atoms with Gasteiger partial charge in [0.25, 0.3) is 0 Å². The van der Waals surface area contributed by atoms with Gasteiger partial charge < -0.3 is 5.32 Å². The summed E-state index contributed by atoms with van der Waals surface area (Å²) in [6.07, 6.45) is 11.6. The fraction of sp³-hybridized carbons (Fsp3) is 0.500. The maximum absolute atomic E-state index is 13.7. The molecular formula is C18H22BrF2N3. The molecule has 0 aliphatic heterocycles. The van der Waals surface area contributed by atoms with Crippen molar-refractivity contribution in [3.8, 4) is 12.8 Å². The van der Waals surface area contributed by atoms with Crippen molar-refractivity contribution < 1.29 is 8.78 Å². The van der Waals surface area contributed by atoms with E-state index in [9.17, 15) is 8.78 Å². The number of fused-ring (bicyclic) bond motifs is 1. The Labute approximate surface area is 149 Å². The van der Waals surface area contributed by atoms with Crippen molar-refractivity contribution in [2.24, 2.45) is 0 Å². The van der Waals surface area contributed by atoms with E-state index < -0.39 is 12.5 Å². The van der Waals surface area contributed by atoms with Gasteiger partial charge in [0.2, 0.25) is 0 Å². The van der Waals surface area contributed by atoms with Gasteiger partial charge >= 0.3 is 0 Å². The molecule has 0 amide bonds. The predicted molar refractivity (Wildman–Crippen MR) is 97.9 cm³/mol. The third kappa shape index (κ3) is 3.72. The SMILES string of the molecule is C#C.Cc1cc(NCF)c2c(C)c(CCCC3(F)CC3)c(Br)n2n1. The second-order valence-electron chi connectivity index (χ2n) is 6.17. The largest absolute Gasteiger partial charge is 0.357 e. The van der Waals surface area contributed by atoms with Crippen LogP contribution in [0.1, 0.15) is 42.5 Å². The summed E-state index contributed by atoms with van der Waals surface area (Å²) in [6, 6.07) is 1.85. The number of nitrogens with one attached hydrogen (secondary N) is 1. The van der Waals surface area contributed by atoms with Crippen LogP contribution in [0.15, 0.2) is 10.7 Å². The third-order valence-corrected chi connectivity index (χ3v) is 5.24. The zero-order valence-corrected chi connectivity index (χ0v) is 15.6. The maximum atomic E-state index is 13.7. The van der Waals surface area contributed by atoms with Crippen LogP contribution < -0.4 is 5.32 Å². The highest BCUT2D eigenvalue weighted by Gasteiger charge is 2.42. The summed E-state index contributed by atoms with van der Waals surface area (Å²) in [6.45, 7) is 3.27. The Kier molecular flexibility index (Phi) is 5.87. The van der Waals surface area contributed by atoms with Crippen molar-refractivity contribution in [1.82, 2.24) is 9.61 Å². The summed E-state index contributed by atoms with van der Waals surface area (Å²) in [5.41, 5.74) is 3.72. The van der Waals surface area contributed by atoms with Crippen LogP contribution in [0, 0.1) is 26.7 Å². The lowest BCUT2D eigenvalue weighted by atomic mass is 10.0. The molecule has 6 heteroatoms. The van der Waals surface area contributed by atoms with E-state index >= 15 is 0 Å². The molecule has 0 bridgehead atoms. The quantitative estimate of drug-likeness (QED) is 0.540. The number of hydrogen-bond acceptors (Lipinski definition) is 2. The zero-order chi connectivity index (χ0) is 17.9. The molecule has 1 saturated carbocycles. The van der Waals surface area contributed by atoms with Crippen molar-refractivity contribution >= 4 is 27.1 Å². The van der Waals surface area contributed by atoms with Gasteiger partial charge in [0, 0.05) is 0 Å². The van der Waals surface area contributed by atoms with Crippen LogP contribution in [-0.4, -0.2) is 22.1 Å². The Morgan fingerprint density at radius 3 is 2.62 bits per heavy atom. The number of anilines is 1. The van der Waals surface area contributed by atoms with Crippen LogP contribution in [0.3, 0.4) is 0 Å².